The number of pyridine rings is 1. The zero-order valence-corrected chi connectivity index (χ0v) is 16.8. The van der Waals surface area contributed by atoms with Crippen molar-refractivity contribution in [1.29, 1.82) is 0 Å². The molecule has 1 amide bonds. The monoisotopic (exact) mass is 396 g/mol. The van der Waals surface area contributed by atoms with Crippen molar-refractivity contribution >= 4 is 5.91 Å². The van der Waals surface area contributed by atoms with Gasteiger partial charge >= 0.3 is 0 Å². The van der Waals surface area contributed by atoms with E-state index in [9.17, 15) is 4.79 Å². The van der Waals surface area contributed by atoms with Crippen LogP contribution in [0.15, 0.2) is 29.0 Å². The first-order valence-electron chi connectivity index (χ1n) is 10.9. The van der Waals surface area contributed by atoms with Crippen LogP contribution in [0.2, 0.25) is 0 Å². The molecule has 1 saturated carbocycles. The Hall–Kier alpha value is -2.28. The van der Waals surface area contributed by atoms with Crippen molar-refractivity contribution in [2.45, 2.75) is 50.9 Å². The van der Waals surface area contributed by atoms with Gasteiger partial charge < -0.3 is 14.2 Å². The Labute approximate surface area is 170 Å². The van der Waals surface area contributed by atoms with Gasteiger partial charge in [-0.15, -0.1) is 0 Å². The highest BCUT2D eigenvalue weighted by molar-refractivity contribution is 5.79. The van der Waals surface area contributed by atoms with Crippen molar-refractivity contribution in [2.75, 3.05) is 26.3 Å². The molecule has 7 heteroatoms. The molecule has 0 radical (unpaired) electrons. The maximum absolute atomic E-state index is 13.2. The van der Waals surface area contributed by atoms with Crippen LogP contribution in [0.4, 0.5) is 0 Å². The average Bonchev–Trinajstić information content (AvgIpc) is 3.40. The van der Waals surface area contributed by atoms with Gasteiger partial charge in [0, 0.05) is 55.6 Å². The first-order valence-corrected chi connectivity index (χ1v) is 10.9. The largest absolute Gasteiger partial charge is 0.381 e. The number of nitrogens with zero attached hydrogens (tertiary/aromatic N) is 4. The second kappa shape index (κ2) is 7.86. The number of likely N-dealkylation sites (tertiary alicyclic amines) is 1. The molecule has 3 fully saturated rings. The number of aromatic nitrogens is 3. The molecule has 29 heavy (non-hydrogen) atoms. The van der Waals surface area contributed by atoms with Crippen LogP contribution in [0.3, 0.4) is 0 Å². The number of hydrogen-bond acceptors (Lipinski definition) is 6. The van der Waals surface area contributed by atoms with E-state index in [0.29, 0.717) is 24.2 Å². The summed E-state index contributed by atoms with van der Waals surface area (Å²) in [5.41, 5.74) is 0.818. The number of carbonyl (C=O) groups excluding carboxylic acids is 1. The fourth-order valence-electron chi connectivity index (χ4n) is 5.36. The van der Waals surface area contributed by atoms with E-state index in [-0.39, 0.29) is 17.3 Å². The van der Waals surface area contributed by atoms with Gasteiger partial charge in [0.25, 0.3) is 0 Å². The zero-order valence-electron chi connectivity index (χ0n) is 16.8. The van der Waals surface area contributed by atoms with Crippen molar-refractivity contribution in [1.82, 2.24) is 20.0 Å². The predicted molar refractivity (Wildman–Crippen MR) is 106 cm³/mol. The van der Waals surface area contributed by atoms with Crippen LogP contribution in [0.5, 0.6) is 0 Å². The molecule has 7 nitrogen and oxygen atoms in total. The Morgan fingerprint density at radius 3 is 2.76 bits per heavy atom. The summed E-state index contributed by atoms with van der Waals surface area (Å²) in [7, 11) is 0. The van der Waals surface area contributed by atoms with Gasteiger partial charge in [0.1, 0.15) is 0 Å². The lowest BCUT2D eigenvalue weighted by Gasteiger charge is -2.36. The number of ether oxygens (including phenoxy) is 1. The highest BCUT2D eigenvalue weighted by atomic mass is 16.5. The SMILES string of the molecule is O=C(C1CCCCC1)N1CC(c2nc(-c3cccnc3)no2)C2(CCOCC2)C1. The van der Waals surface area contributed by atoms with Crippen molar-refractivity contribution in [2.24, 2.45) is 11.3 Å². The van der Waals surface area contributed by atoms with Gasteiger partial charge in [0.15, 0.2) is 0 Å². The second-order valence-electron chi connectivity index (χ2n) is 8.78. The first kappa shape index (κ1) is 18.7. The molecule has 2 saturated heterocycles. The number of hydrogen-bond donors (Lipinski definition) is 0. The van der Waals surface area contributed by atoms with Gasteiger partial charge in [-0.25, -0.2) is 0 Å². The molecule has 2 aliphatic heterocycles. The average molecular weight is 396 g/mol. The summed E-state index contributed by atoms with van der Waals surface area (Å²) in [5.74, 6) is 1.78. The van der Waals surface area contributed by atoms with Crippen LogP contribution in [0.1, 0.15) is 56.8 Å². The van der Waals surface area contributed by atoms with Crippen molar-refractivity contribution in [3.05, 3.63) is 30.4 Å². The third-order valence-electron chi connectivity index (χ3n) is 7.06. The molecule has 0 bridgehead atoms. The zero-order chi connectivity index (χ0) is 19.7. The maximum Gasteiger partial charge on any atom is 0.232 e. The summed E-state index contributed by atoms with van der Waals surface area (Å²) in [6.07, 6.45) is 11.0. The Balaban J connectivity index is 1.41. The first-order chi connectivity index (χ1) is 14.3. The van der Waals surface area contributed by atoms with Crippen molar-refractivity contribution in [3.8, 4) is 11.4 Å². The van der Waals surface area contributed by atoms with Crippen LogP contribution in [-0.4, -0.2) is 52.2 Å². The van der Waals surface area contributed by atoms with Crippen LogP contribution >= 0.6 is 0 Å². The highest BCUT2D eigenvalue weighted by Crippen LogP contribution is 2.49. The summed E-state index contributed by atoms with van der Waals surface area (Å²) >= 11 is 0. The Bertz CT molecular complexity index is 841. The van der Waals surface area contributed by atoms with Crippen molar-refractivity contribution < 1.29 is 14.1 Å². The lowest BCUT2D eigenvalue weighted by molar-refractivity contribution is -0.136. The van der Waals surface area contributed by atoms with Gasteiger partial charge in [0.2, 0.25) is 17.6 Å². The molecule has 2 aromatic rings. The fourth-order valence-corrected chi connectivity index (χ4v) is 5.36. The van der Waals surface area contributed by atoms with Crippen molar-refractivity contribution in [3.63, 3.8) is 0 Å². The van der Waals surface area contributed by atoms with E-state index >= 15 is 0 Å². The minimum absolute atomic E-state index is 0.0265. The van der Waals surface area contributed by atoms with Crippen LogP contribution < -0.4 is 0 Å². The van der Waals surface area contributed by atoms with Crippen LogP contribution in [0.25, 0.3) is 11.4 Å². The Morgan fingerprint density at radius 2 is 2.00 bits per heavy atom. The number of carbonyl (C=O) groups is 1. The second-order valence-corrected chi connectivity index (χ2v) is 8.78. The molecule has 154 valence electrons. The summed E-state index contributed by atoms with van der Waals surface area (Å²) in [4.78, 5) is 24.2. The third-order valence-corrected chi connectivity index (χ3v) is 7.06. The quantitative estimate of drug-likeness (QED) is 0.791. The van der Waals surface area contributed by atoms with Gasteiger partial charge in [0.05, 0.1) is 5.92 Å². The Kier molecular flexibility index (Phi) is 5.08. The standard InChI is InChI=1S/C22H28N4O3/c27-21(16-5-2-1-3-6-16)26-14-18(22(15-26)8-11-28-12-9-22)20-24-19(25-29-20)17-7-4-10-23-13-17/h4,7,10,13,16,18H,1-3,5-6,8-9,11-12,14-15H2. The summed E-state index contributed by atoms with van der Waals surface area (Å²) in [6, 6.07) is 3.80. The van der Waals surface area contributed by atoms with E-state index in [1.165, 1.54) is 19.3 Å². The molecular weight excluding hydrogens is 368 g/mol. The lowest BCUT2D eigenvalue weighted by Crippen LogP contribution is -2.39. The molecule has 2 aromatic heterocycles. The molecule has 3 aliphatic rings. The third kappa shape index (κ3) is 3.56. The molecule has 1 unspecified atom stereocenters. The van der Waals surface area contributed by atoms with Gasteiger partial charge in [-0.1, -0.05) is 24.4 Å². The van der Waals surface area contributed by atoms with E-state index in [4.69, 9.17) is 14.2 Å². The highest BCUT2D eigenvalue weighted by Gasteiger charge is 2.52. The molecule has 1 spiro atoms. The predicted octanol–water partition coefficient (Wildman–Crippen LogP) is 3.43. The van der Waals surface area contributed by atoms with E-state index in [0.717, 1.165) is 51.0 Å². The topological polar surface area (TPSA) is 81.4 Å². The van der Waals surface area contributed by atoms with E-state index < -0.39 is 0 Å². The van der Waals surface area contributed by atoms with E-state index in [1.807, 2.05) is 12.1 Å². The fraction of sp³-hybridized carbons (Fsp3) is 0.636. The smallest absolute Gasteiger partial charge is 0.232 e. The number of rotatable bonds is 3. The molecule has 0 aromatic carbocycles. The summed E-state index contributed by atoms with van der Waals surface area (Å²) in [6.45, 7) is 2.90. The molecule has 5 rings (SSSR count). The maximum atomic E-state index is 13.2. The van der Waals surface area contributed by atoms with Crippen LogP contribution in [0, 0.1) is 11.3 Å². The molecular formula is C22H28N4O3. The molecule has 0 N–H and O–H groups in total. The van der Waals surface area contributed by atoms with Gasteiger partial charge in [-0.2, -0.15) is 4.98 Å². The van der Waals surface area contributed by atoms with E-state index in [1.54, 1.807) is 12.4 Å². The molecule has 4 heterocycles. The number of amides is 1. The lowest BCUT2D eigenvalue weighted by atomic mass is 9.72. The molecule has 1 atom stereocenters. The Morgan fingerprint density at radius 1 is 1.17 bits per heavy atom. The minimum atomic E-state index is -0.0265. The summed E-state index contributed by atoms with van der Waals surface area (Å²) < 4.78 is 11.4. The minimum Gasteiger partial charge on any atom is -0.381 e. The molecule has 1 aliphatic carbocycles. The van der Waals surface area contributed by atoms with Gasteiger partial charge in [-0.3, -0.25) is 9.78 Å². The van der Waals surface area contributed by atoms with Gasteiger partial charge in [-0.05, 0) is 37.8 Å². The normalized spacial score (nSPS) is 24.8. The summed E-state index contributed by atoms with van der Waals surface area (Å²) in [5, 5.41) is 4.21. The van der Waals surface area contributed by atoms with Crippen LogP contribution in [-0.2, 0) is 9.53 Å². The van der Waals surface area contributed by atoms with E-state index in [2.05, 4.69) is 15.0 Å².